The number of nitriles is 1. The molecule has 2 rings (SSSR count). The molecule has 0 aliphatic rings. The molecule has 2 aromatic rings. The Bertz CT molecular complexity index is 590. The smallest absolute Gasteiger partial charge is 0.174 e. The van der Waals surface area contributed by atoms with Crippen LogP contribution in [-0.4, -0.2) is 11.6 Å². The first-order chi connectivity index (χ1) is 10.2. The summed E-state index contributed by atoms with van der Waals surface area (Å²) in [4.78, 5) is 4.14. The van der Waals surface area contributed by atoms with Crippen molar-refractivity contribution in [1.29, 1.82) is 5.26 Å². The lowest BCUT2D eigenvalue weighted by Crippen LogP contribution is -2.22. The van der Waals surface area contributed by atoms with Gasteiger partial charge >= 0.3 is 0 Å². The number of nitrogens with zero attached hydrogens (tertiary/aromatic N) is 2. The number of nitrogens with one attached hydrogen (secondary N) is 1. The Labute approximate surface area is 125 Å². The molecule has 0 radical (unpaired) electrons. The van der Waals surface area contributed by atoms with Gasteiger partial charge < -0.3 is 10.1 Å². The highest BCUT2D eigenvalue weighted by Crippen LogP contribution is 2.21. The van der Waals surface area contributed by atoms with Crippen LogP contribution in [0.25, 0.3) is 0 Å². The zero-order valence-corrected chi connectivity index (χ0v) is 12.3. The van der Waals surface area contributed by atoms with Crippen LogP contribution in [0.1, 0.15) is 37.1 Å². The summed E-state index contributed by atoms with van der Waals surface area (Å²) < 4.78 is 5.25. The van der Waals surface area contributed by atoms with Crippen LogP contribution in [0.15, 0.2) is 48.8 Å². The highest BCUT2D eigenvalue weighted by Gasteiger charge is 2.11. The second kappa shape index (κ2) is 7.41. The van der Waals surface area contributed by atoms with Crippen LogP contribution >= 0.6 is 0 Å². The highest BCUT2D eigenvalue weighted by molar-refractivity contribution is 5.29. The van der Waals surface area contributed by atoms with Gasteiger partial charge in [-0.05, 0) is 43.2 Å². The number of pyridine rings is 1. The van der Waals surface area contributed by atoms with Gasteiger partial charge in [-0.15, -0.1) is 0 Å². The third-order valence-electron chi connectivity index (χ3n) is 3.37. The van der Waals surface area contributed by atoms with E-state index in [2.05, 4.69) is 30.2 Å². The molecule has 21 heavy (non-hydrogen) atoms. The van der Waals surface area contributed by atoms with Crippen LogP contribution in [0.2, 0.25) is 0 Å². The molecule has 4 heteroatoms. The van der Waals surface area contributed by atoms with Gasteiger partial charge in [0.25, 0.3) is 0 Å². The predicted octanol–water partition coefficient (Wildman–Crippen LogP) is 3.40. The van der Waals surface area contributed by atoms with E-state index in [1.54, 1.807) is 6.20 Å². The van der Waals surface area contributed by atoms with Gasteiger partial charge in [-0.3, -0.25) is 4.98 Å². The average molecular weight is 281 g/mol. The standard InChI is InChI=1S/C17H19N3O/c1-13(20-14(2)16-4-3-10-19-12-16)15-5-7-17(8-6-15)21-11-9-18/h3-8,10,12-14,20H,11H2,1-2H3/t13?,14-/m0/s1. The van der Waals surface area contributed by atoms with Gasteiger partial charge in [0.1, 0.15) is 11.8 Å². The number of rotatable bonds is 6. The number of benzene rings is 1. The fourth-order valence-electron chi connectivity index (χ4n) is 2.17. The summed E-state index contributed by atoms with van der Waals surface area (Å²) in [5, 5.41) is 12.0. The summed E-state index contributed by atoms with van der Waals surface area (Å²) in [5.74, 6) is 0.716. The molecular weight excluding hydrogens is 262 g/mol. The molecule has 0 spiro atoms. The number of ether oxygens (including phenoxy) is 1. The number of aromatic nitrogens is 1. The second-order valence-electron chi connectivity index (χ2n) is 4.91. The van der Waals surface area contributed by atoms with Crippen molar-refractivity contribution in [2.24, 2.45) is 0 Å². The van der Waals surface area contributed by atoms with Crippen LogP contribution in [0.4, 0.5) is 0 Å². The topological polar surface area (TPSA) is 57.9 Å². The summed E-state index contributed by atoms with van der Waals surface area (Å²) in [6.07, 6.45) is 3.66. The zero-order valence-electron chi connectivity index (χ0n) is 12.3. The van der Waals surface area contributed by atoms with E-state index in [9.17, 15) is 0 Å². The lowest BCUT2D eigenvalue weighted by atomic mass is 10.1. The molecule has 4 nitrogen and oxygen atoms in total. The van der Waals surface area contributed by atoms with Crippen molar-refractivity contribution in [3.05, 3.63) is 59.9 Å². The molecule has 0 fully saturated rings. The third-order valence-corrected chi connectivity index (χ3v) is 3.37. The lowest BCUT2D eigenvalue weighted by molar-refractivity contribution is 0.368. The van der Waals surface area contributed by atoms with E-state index in [-0.39, 0.29) is 18.7 Å². The minimum Gasteiger partial charge on any atom is -0.479 e. The van der Waals surface area contributed by atoms with Crippen molar-refractivity contribution in [1.82, 2.24) is 10.3 Å². The van der Waals surface area contributed by atoms with Gasteiger partial charge in [0.15, 0.2) is 6.61 Å². The number of hydrogen-bond acceptors (Lipinski definition) is 4. The summed E-state index contributed by atoms with van der Waals surface area (Å²) in [7, 11) is 0. The molecule has 1 aromatic heterocycles. The Kier molecular flexibility index (Phi) is 5.30. The maximum atomic E-state index is 8.49. The van der Waals surface area contributed by atoms with Crippen LogP contribution in [-0.2, 0) is 0 Å². The molecule has 0 saturated heterocycles. The van der Waals surface area contributed by atoms with Gasteiger partial charge in [0, 0.05) is 24.5 Å². The summed E-state index contributed by atoms with van der Waals surface area (Å²) in [6, 6.07) is 14.2. The Morgan fingerprint density at radius 1 is 1.14 bits per heavy atom. The predicted molar refractivity (Wildman–Crippen MR) is 81.8 cm³/mol. The van der Waals surface area contributed by atoms with Crippen LogP contribution in [0, 0.1) is 11.3 Å². The summed E-state index contributed by atoms with van der Waals surface area (Å²) in [6.45, 7) is 4.32. The van der Waals surface area contributed by atoms with E-state index in [0.717, 1.165) is 0 Å². The normalized spacial score (nSPS) is 13.2. The molecule has 1 N–H and O–H groups in total. The first-order valence-electron chi connectivity index (χ1n) is 6.96. The fourth-order valence-corrected chi connectivity index (χ4v) is 2.17. The minimum atomic E-state index is 0.0746. The van der Waals surface area contributed by atoms with Crippen LogP contribution < -0.4 is 10.1 Å². The maximum absolute atomic E-state index is 8.49. The highest BCUT2D eigenvalue weighted by atomic mass is 16.5. The first kappa shape index (κ1) is 15.0. The van der Waals surface area contributed by atoms with Crippen LogP contribution in [0.5, 0.6) is 5.75 Å². The van der Waals surface area contributed by atoms with Gasteiger partial charge in [-0.25, -0.2) is 0 Å². The second-order valence-corrected chi connectivity index (χ2v) is 4.91. The van der Waals surface area contributed by atoms with E-state index in [0.29, 0.717) is 5.75 Å². The molecule has 1 unspecified atom stereocenters. The van der Waals surface area contributed by atoms with E-state index in [4.69, 9.17) is 10.00 Å². The van der Waals surface area contributed by atoms with Gasteiger partial charge in [0.05, 0.1) is 0 Å². The number of hydrogen-bond donors (Lipinski definition) is 1. The molecular formula is C17H19N3O. The lowest BCUT2D eigenvalue weighted by Gasteiger charge is -2.20. The molecule has 1 aromatic carbocycles. The molecule has 2 atom stereocenters. The van der Waals surface area contributed by atoms with E-state index >= 15 is 0 Å². The van der Waals surface area contributed by atoms with Crippen molar-refractivity contribution < 1.29 is 4.74 Å². The van der Waals surface area contributed by atoms with Crippen molar-refractivity contribution in [2.75, 3.05) is 6.61 Å². The molecule has 0 aliphatic carbocycles. The van der Waals surface area contributed by atoms with Gasteiger partial charge in [-0.2, -0.15) is 5.26 Å². The fraction of sp³-hybridized carbons (Fsp3) is 0.294. The first-order valence-corrected chi connectivity index (χ1v) is 6.96. The minimum absolute atomic E-state index is 0.0746. The molecule has 0 saturated carbocycles. The summed E-state index contributed by atoms with van der Waals surface area (Å²) in [5.41, 5.74) is 2.34. The maximum Gasteiger partial charge on any atom is 0.174 e. The monoisotopic (exact) mass is 281 g/mol. The van der Waals surface area contributed by atoms with E-state index < -0.39 is 0 Å². The quantitative estimate of drug-likeness (QED) is 0.881. The molecule has 0 bridgehead atoms. The Balaban J connectivity index is 1.97. The zero-order chi connectivity index (χ0) is 15.1. The Morgan fingerprint density at radius 3 is 2.48 bits per heavy atom. The largest absolute Gasteiger partial charge is 0.479 e. The van der Waals surface area contributed by atoms with Crippen molar-refractivity contribution in [3.8, 4) is 11.8 Å². The van der Waals surface area contributed by atoms with E-state index in [1.165, 1.54) is 11.1 Å². The van der Waals surface area contributed by atoms with Gasteiger partial charge in [0.2, 0.25) is 0 Å². The average Bonchev–Trinajstić information content (AvgIpc) is 2.54. The Morgan fingerprint density at radius 2 is 1.86 bits per heavy atom. The van der Waals surface area contributed by atoms with Crippen molar-refractivity contribution in [2.45, 2.75) is 25.9 Å². The molecule has 1 heterocycles. The van der Waals surface area contributed by atoms with E-state index in [1.807, 2.05) is 42.6 Å². The van der Waals surface area contributed by atoms with Crippen LogP contribution in [0.3, 0.4) is 0 Å². The van der Waals surface area contributed by atoms with Crippen molar-refractivity contribution in [3.63, 3.8) is 0 Å². The summed E-state index contributed by atoms with van der Waals surface area (Å²) >= 11 is 0. The Hall–Kier alpha value is -2.38. The van der Waals surface area contributed by atoms with Gasteiger partial charge in [-0.1, -0.05) is 18.2 Å². The van der Waals surface area contributed by atoms with Crippen molar-refractivity contribution >= 4 is 0 Å². The third kappa shape index (κ3) is 4.30. The SMILES string of the molecule is CC(N[C@@H](C)c1cccnc1)c1ccc(OCC#N)cc1. The molecule has 108 valence electrons. The molecule has 0 aliphatic heterocycles. The molecule has 0 amide bonds.